The van der Waals surface area contributed by atoms with Gasteiger partial charge in [0.2, 0.25) is 0 Å². The van der Waals surface area contributed by atoms with Crippen molar-refractivity contribution in [1.82, 2.24) is 4.98 Å². The average Bonchev–Trinajstić information content (AvgIpc) is 3.31. The molecule has 2 aliphatic rings. The number of allylic oxidation sites excluding steroid dienone is 5. The number of benzene rings is 2. The third-order valence-electron chi connectivity index (χ3n) is 5.20. The number of aromatic nitrogens is 1. The molecule has 1 aliphatic carbocycles. The van der Waals surface area contributed by atoms with Gasteiger partial charge >= 0.3 is 0 Å². The molecule has 0 saturated heterocycles. The zero-order valence-electron chi connectivity index (χ0n) is 23.5. The van der Waals surface area contributed by atoms with Crippen LogP contribution in [0.2, 0.25) is 0 Å². The van der Waals surface area contributed by atoms with E-state index in [1.165, 1.54) is 16.0 Å². The minimum Gasteiger partial charge on any atom is -0.320 e. The third-order valence-corrected chi connectivity index (χ3v) is 6.61. The van der Waals surface area contributed by atoms with Crippen LogP contribution < -0.4 is 0 Å². The van der Waals surface area contributed by atoms with Crippen molar-refractivity contribution in [3.8, 4) is 11.3 Å². The van der Waals surface area contributed by atoms with E-state index in [1.54, 1.807) is 11.8 Å². The van der Waals surface area contributed by atoms with Gasteiger partial charge in [0.25, 0.3) is 0 Å². The zero-order chi connectivity index (χ0) is 27.1. The molecule has 2 unspecified atom stereocenters. The molecule has 173 valence electrons. The van der Waals surface area contributed by atoms with Crippen LogP contribution in [0.15, 0.2) is 119 Å². The summed E-state index contributed by atoms with van der Waals surface area (Å²) in [5.74, 6) is 0.191. The number of thioether (sulfide) groups is 1. The van der Waals surface area contributed by atoms with E-state index in [-0.39, 0.29) is 36.8 Å². The van der Waals surface area contributed by atoms with Crippen LogP contribution in [0.3, 0.4) is 0 Å². The molecule has 0 amide bonds. The van der Waals surface area contributed by atoms with E-state index in [4.69, 9.17) is 6.85 Å². The molecule has 2 aromatic carbocycles. The van der Waals surface area contributed by atoms with Gasteiger partial charge in [0.05, 0.1) is 1.37 Å². The first-order valence-corrected chi connectivity index (χ1v) is 11.4. The molecule has 34 heavy (non-hydrogen) atoms. The maximum absolute atomic E-state index is 7.69. The van der Waals surface area contributed by atoms with Gasteiger partial charge in [0.15, 0.2) is 0 Å². The van der Waals surface area contributed by atoms with Crippen LogP contribution >= 0.6 is 11.8 Å². The number of hydrogen-bond acceptors (Lipinski definition) is 3. The summed E-state index contributed by atoms with van der Waals surface area (Å²) in [5.41, 5.74) is 5.42. The molecule has 4 heteroatoms. The Morgan fingerprint density at radius 1 is 1.18 bits per heavy atom. The normalized spacial score (nSPS) is 21.3. The van der Waals surface area contributed by atoms with E-state index in [0.29, 0.717) is 5.70 Å². The van der Waals surface area contributed by atoms with Gasteiger partial charge in [-0.1, -0.05) is 36.9 Å². The standard InChI is InChI=1S/C18H16NS.C12H10N.Ir/c1-12(2)11-19-13(3)14-8-6-9-16-15-7-4-5-10-17(15)20-18(14)16;1-10-7-8-12(13-9-10)11-5-3-2-4-6-11;/h4-7,9-11,16,18H,1,3H2,2H3;2-5,7-9H,1H3;/q2*-1;/i1D,2D3,3D;;. The molecule has 1 radical (unpaired) electrons. The second kappa shape index (κ2) is 12.1. The van der Waals surface area contributed by atoms with Gasteiger partial charge in [-0.15, -0.1) is 59.8 Å². The van der Waals surface area contributed by atoms with Crippen LogP contribution in [0.5, 0.6) is 0 Å². The Bertz CT molecular complexity index is 1410. The number of pyridine rings is 1. The molecule has 1 aliphatic heterocycles. The van der Waals surface area contributed by atoms with Crippen molar-refractivity contribution < 1.29 is 27.0 Å². The van der Waals surface area contributed by atoms with Gasteiger partial charge in [-0.2, -0.15) is 18.2 Å². The van der Waals surface area contributed by atoms with E-state index >= 15 is 0 Å². The van der Waals surface area contributed by atoms with Crippen molar-refractivity contribution >= 4 is 18.0 Å². The molecular weight excluding hydrogens is 613 g/mol. The fourth-order valence-corrected chi connectivity index (χ4v) is 5.07. The van der Waals surface area contributed by atoms with Crippen LogP contribution in [0.1, 0.15) is 30.8 Å². The zero-order valence-corrected chi connectivity index (χ0v) is 21.7. The molecule has 0 spiro atoms. The summed E-state index contributed by atoms with van der Waals surface area (Å²) in [6.45, 7) is 1.52. The minimum atomic E-state index is -2.40. The molecule has 2 heterocycles. The Kier molecular flexibility index (Phi) is 6.93. The molecule has 2 nitrogen and oxygen atoms in total. The van der Waals surface area contributed by atoms with Crippen molar-refractivity contribution in [2.45, 2.75) is 29.8 Å². The van der Waals surface area contributed by atoms with Crippen molar-refractivity contribution in [3.05, 3.63) is 132 Å². The topological polar surface area (TPSA) is 25.2 Å². The first-order chi connectivity index (χ1) is 18.3. The first-order valence-electron chi connectivity index (χ1n) is 13.1. The maximum Gasteiger partial charge on any atom is 0.0541 e. The largest absolute Gasteiger partial charge is 0.320 e. The number of aryl methyl sites for hydroxylation is 1. The van der Waals surface area contributed by atoms with Gasteiger partial charge in [-0.25, -0.2) is 0 Å². The number of rotatable bonds is 4. The summed E-state index contributed by atoms with van der Waals surface area (Å²) in [4.78, 5) is 9.70. The SMILES string of the molecule is Cc1ccc(-c2[c-]cccc2)nc1.[2H]C=C(N=CC(=C[2H])C([2H])([2H])[2H])C1=[C-]C=CC2c3ccccc3SC12.[Ir]. The summed E-state index contributed by atoms with van der Waals surface area (Å²) in [5, 5.41) is 0.0624. The Balaban J connectivity index is 0.000000253. The second-order valence-electron chi connectivity index (χ2n) is 7.62. The number of fused-ring (bicyclic) bond motifs is 3. The third kappa shape index (κ3) is 6.21. The van der Waals surface area contributed by atoms with E-state index in [1.807, 2.05) is 61.7 Å². The summed E-state index contributed by atoms with van der Waals surface area (Å²) < 4.78 is 37.1. The Labute approximate surface area is 227 Å². The van der Waals surface area contributed by atoms with Gasteiger partial charge in [0, 0.05) is 48.1 Å². The summed E-state index contributed by atoms with van der Waals surface area (Å²) in [6.07, 6.45) is 10.1. The minimum absolute atomic E-state index is 0. The molecule has 5 rings (SSSR count). The van der Waals surface area contributed by atoms with Gasteiger partial charge < -0.3 is 9.98 Å². The van der Waals surface area contributed by atoms with Crippen LogP contribution in [0.25, 0.3) is 11.3 Å². The van der Waals surface area contributed by atoms with E-state index in [9.17, 15) is 0 Å². The predicted octanol–water partition coefficient (Wildman–Crippen LogP) is 7.56. The number of nitrogens with zero attached hydrogens (tertiary/aromatic N) is 2. The quantitative estimate of drug-likeness (QED) is 0.217. The van der Waals surface area contributed by atoms with Crippen molar-refractivity contribution in [2.24, 2.45) is 4.99 Å². The molecule has 2 atom stereocenters. The van der Waals surface area contributed by atoms with E-state index in [0.717, 1.165) is 36.2 Å². The van der Waals surface area contributed by atoms with Crippen LogP contribution in [-0.4, -0.2) is 16.4 Å². The van der Waals surface area contributed by atoms with Crippen molar-refractivity contribution in [3.63, 3.8) is 0 Å². The average molecular weight is 644 g/mol. The van der Waals surface area contributed by atoms with Gasteiger partial charge in [-0.3, -0.25) is 0 Å². The monoisotopic (exact) mass is 644 g/mol. The molecule has 0 saturated carbocycles. The van der Waals surface area contributed by atoms with Gasteiger partial charge in [-0.05, 0) is 53.9 Å². The number of aliphatic imine (C=N–C) groups is 1. The molecule has 0 fully saturated rings. The van der Waals surface area contributed by atoms with Crippen LogP contribution in [0, 0.1) is 19.1 Å². The first kappa shape index (κ1) is 19.5. The van der Waals surface area contributed by atoms with Crippen molar-refractivity contribution in [1.29, 1.82) is 0 Å². The molecule has 0 bridgehead atoms. The molecular formula is C30H26IrN2S-2. The molecule has 3 aromatic rings. The van der Waals surface area contributed by atoms with Crippen LogP contribution in [0.4, 0.5) is 0 Å². The Morgan fingerprint density at radius 2 is 2.06 bits per heavy atom. The fraction of sp³-hybridized carbons (Fsp3) is 0.133. The van der Waals surface area contributed by atoms with Gasteiger partial charge in [0.1, 0.15) is 0 Å². The summed E-state index contributed by atoms with van der Waals surface area (Å²) >= 11 is 1.71. The van der Waals surface area contributed by atoms with Crippen LogP contribution in [-0.2, 0) is 20.1 Å². The van der Waals surface area contributed by atoms with Crippen molar-refractivity contribution in [2.75, 3.05) is 0 Å². The maximum atomic E-state index is 7.69. The summed E-state index contributed by atoms with van der Waals surface area (Å²) in [6, 6.07) is 23.3. The van der Waals surface area contributed by atoms with E-state index in [2.05, 4.69) is 46.4 Å². The second-order valence-corrected chi connectivity index (χ2v) is 8.80. The molecule has 1 aromatic heterocycles. The Hall–Kier alpha value is -2.78. The summed E-state index contributed by atoms with van der Waals surface area (Å²) in [7, 11) is 0. The number of hydrogen-bond donors (Lipinski definition) is 0. The smallest absolute Gasteiger partial charge is 0.0541 e. The predicted molar refractivity (Wildman–Crippen MR) is 140 cm³/mol. The van der Waals surface area contributed by atoms with E-state index < -0.39 is 6.85 Å². The Morgan fingerprint density at radius 3 is 2.79 bits per heavy atom. The molecule has 0 N–H and O–H groups in total. The fourth-order valence-electron chi connectivity index (χ4n) is 3.61.